The highest BCUT2D eigenvalue weighted by Gasteiger charge is 2.61. The van der Waals surface area contributed by atoms with Gasteiger partial charge in [0.25, 0.3) is 11.8 Å². The molecule has 15 heteroatoms. The molecule has 3 heterocycles. The zero-order valence-electron chi connectivity index (χ0n) is 14.3. The quantitative estimate of drug-likeness (QED) is 0.422. The summed E-state index contributed by atoms with van der Waals surface area (Å²) in [4.78, 5) is 41.8. The van der Waals surface area contributed by atoms with Gasteiger partial charge in [-0.3, -0.25) is 30.0 Å². The molecule has 1 aromatic rings. The summed E-state index contributed by atoms with van der Waals surface area (Å²) in [6.45, 7) is -0.181. The fourth-order valence-electron chi connectivity index (χ4n) is 3.35. The van der Waals surface area contributed by atoms with Gasteiger partial charge in [-0.05, 0) is 6.07 Å². The molecule has 4 rings (SSSR count). The number of urea groups is 1. The van der Waals surface area contributed by atoms with E-state index in [4.69, 9.17) is 4.55 Å². The molecule has 3 unspecified atom stereocenters. The van der Waals surface area contributed by atoms with Crippen LogP contribution in [0.4, 0.5) is 13.6 Å². The fraction of sp³-hybridized carbons (Fsp3) is 0.429. The molecule has 2 aliphatic heterocycles. The van der Waals surface area contributed by atoms with Gasteiger partial charge >= 0.3 is 16.4 Å². The monoisotopic (exact) mass is 433 g/mol. The van der Waals surface area contributed by atoms with E-state index in [1.807, 2.05) is 10.9 Å². The van der Waals surface area contributed by atoms with E-state index in [0.29, 0.717) is 5.06 Å². The van der Waals surface area contributed by atoms with E-state index in [9.17, 15) is 31.6 Å². The molecule has 156 valence electrons. The van der Waals surface area contributed by atoms with Gasteiger partial charge in [0.15, 0.2) is 6.04 Å². The first kappa shape index (κ1) is 19.4. The van der Waals surface area contributed by atoms with Gasteiger partial charge in [0.05, 0.1) is 12.2 Å². The SMILES string of the molecule is O=C(NNC(=O)C1CC1(F)F)C1c2ncccc2C2CN1C(=O)N2OS(=O)(=O)O. The molecule has 4 amide bonds. The smallest absolute Gasteiger partial charge is 0.302 e. The Bertz CT molecular complexity index is 1020. The average Bonchev–Trinajstić information content (AvgIpc) is 3.21. The molecule has 2 bridgehead atoms. The van der Waals surface area contributed by atoms with Gasteiger partial charge in [-0.15, -0.1) is 4.28 Å². The molecule has 29 heavy (non-hydrogen) atoms. The van der Waals surface area contributed by atoms with E-state index in [1.165, 1.54) is 18.3 Å². The lowest BCUT2D eigenvalue weighted by atomic mass is 9.95. The molecule has 1 aliphatic carbocycles. The summed E-state index contributed by atoms with van der Waals surface area (Å²) in [6.07, 6.45) is 0.698. The van der Waals surface area contributed by atoms with Crippen molar-refractivity contribution in [3.63, 3.8) is 0 Å². The number of carbonyl (C=O) groups is 3. The Balaban J connectivity index is 1.57. The number of amides is 4. The van der Waals surface area contributed by atoms with Crippen LogP contribution in [-0.2, 0) is 24.3 Å². The lowest BCUT2D eigenvalue weighted by Crippen LogP contribution is -2.50. The van der Waals surface area contributed by atoms with Gasteiger partial charge in [0.2, 0.25) is 5.91 Å². The van der Waals surface area contributed by atoms with Crippen molar-refractivity contribution < 1.29 is 40.4 Å². The Morgan fingerprint density at radius 1 is 1.31 bits per heavy atom. The molecule has 1 saturated carbocycles. The Kier molecular flexibility index (Phi) is 4.21. The summed E-state index contributed by atoms with van der Waals surface area (Å²) in [5.74, 6) is -6.71. The third-order valence-electron chi connectivity index (χ3n) is 4.76. The number of halogens is 2. The summed E-state index contributed by atoms with van der Waals surface area (Å²) in [6, 6.07) is -0.463. The summed E-state index contributed by atoms with van der Waals surface area (Å²) < 4.78 is 61.3. The standard InChI is InChI=1S/C14H13F2N5O7S/c15-14(16)4-7(14)11(22)18-19-12(23)10-9-6(2-1-3-17-9)8-5-20(10)13(24)21(8)28-29(25,26)27/h1-3,7-8,10H,4-5H2,(H,18,22)(H,19,23)(H,25,26,27). The van der Waals surface area contributed by atoms with Gasteiger partial charge in [0.1, 0.15) is 12.0 Å². The first-order valence-electron chi connectivity index (χ1n) is 8.19. The number of hydrazine groups is 1. The van der Waals surface area contributed by atoms with E-state index < -0.39 is 58.6 Å². The van der Waals surface area contributed by atoms with E-state index in [2.05, 4.69) is 9.27 Å². The molecule has 0 spiro atoms. The topological polar surface area (TPSA) is 158 Å². The Morgan fingerprint density at radius 2 is 1.97 bits per heavy atom. The van der Waals surface area contributed by atoms with Crippen LogP contribution < -0.4 is 10.9 Å². The molecule has 3 N–H and O–H groups in total. The number of hydroxylamine groups is 2. The van der Waals surface area contributed by atoms with Crippen LogP contribution >= 0.6 is 0 Å². The van der Waals surface area contributed by atoms with Crippen molar-refractivity contribution in [2.24, 2.45) is 5.92 Å². The number of rotatable bonds is 4. The minimum Gasteiger partial charge on any atom is -0.302 e. The summed E-state index contributed by atoms with van der Waals surface area (Å²) >= 11 is 0. The maximum absolute atomic E-state index is 12.9. The van der Waals surface area contributed by atoms with Gasteiger partial charge in [0, 0.05) is 18.2 Å². The highest BCUT2D eigenvalue weighted by Crippen LogP contribution is 2.48. The second-order valence-corrected chi connectivity index (χ2v) is 7.66. The van der Waals surface area contributed by atoms with Crippen molar-refractivity contribution in [2.45, 2.75) is 24.4 Å². The average molecular weight is 433 g/mol. The predicted molar refractivity (Wildman–Crippen MR) is 85.6 cm³/mol. The molecular weight excluding hydrogens is 420 g/mol. The second kappa shape index (κ2) is 6.30. The number of aromatic nitrogens is 1. The van der Waals surface area contributed by atoms with Crippen molar-refractivity contribution in [3.8, 4) is 0 Å². The van der Waals surface area contributed by atoms with Crippen LogP contribution in [0.2, 0.25) is 0 Å². The lowest BCUT2D eigenvalue weighted by Gasteiger charge is -2.30. The number of nitrogens with one attached hydrogen (secondary N) is 2. The van der Waals surface area contributed by atoms with Gasteiger partial charge in [-0.1, -0.05) is 6.07 Å². The summed E-state index contributed by atoms with van der Waals surface area (Å²) in [7, 11) is -5.03. The Morgan fingerprint density at radius 3 is 2.59 bits per heavy atom. The fourth-order valence-corrected chi connectivity index (χ4v) is 3.72. The highest BCUT2D eigenvalue weighted by atomic mass is 32.3. The minimum atomic E-state index is -5.03. The van der Waals surface area contributed by atoms with Crippen LogP contribution in [0.3, 0.4) is 0 Å². The molecular formula is C14H13F2N5O7S. The first-order chi connectivity index (χ1) is 13.5. The normalized spacial score (nSPS) is 26.7. The van der Waals surface area contributed by atoms with E-state index in [0.717, 1.165) is 4.90 Å². The predicted octanol–water partition coefficient (Wildman–Crippen LogP) is -0.548. The minimum absolute atomic E-state index is 0.0713. The van der Waals surface area contributed by atoms with Gasteiger partial charge in [-0.25, -0.2) is 13.6 Å². The largest absolute Gasteiger partial charge is 0.418 e. The van der Waals surface area contributed by atoms with Crippen molar-refractivity contribution in [1.82, 2.24) is 25.8 Å². The molecule has 3 aliphatic rings. The summed E-state index contributed by atoms with van der Waals surface area (Å²) in [5.41, 5.74) is 4.22. The maximum Gasteiger partial charge on any atom is 0.418 e. The van der Waals surface area contributed by atoms with Crippen molar-refractivity contribution in [3.05, 3.63) is 29.6 Å². The molecule has 3 atom stereocenters. The van der Waals surface area contributed by atoms with Crippen LogP contribution in [0.25, 0.3) is 0 Å². The van der Waals surface area contributed by atoms with E-state index >= 15 is 0 Å². The van der Waals surface area contributed by atoms with Crippen LogP contribution in [0.5, 0.6) is 0 Å². The molecule has 1 aromatic heterocycles. The zero-order valence-corrected chi connectivity index (χ0v) is 15.1. The number of fused-ring (bicyclic) bond motifs is 4. The second-order valence-electron chi connectivity index (χ2n) is 6.66. The van der Waals surface area contributed by atoms with Crippen LogP contribution in [0.15, 0.2) is 18.3 Å². The lowest BCUT2D eigenvalue weighted by molar-refractivity contribution is -0.133. The maximum atomic E-state index is 12.9. The summed E-state index contributed by atoms with van der Waals surface area (Å²) in [5, 5.41) is 0.395. The van der Waals surface area contributed by atoms with Crippen LogP contribution in [0.1, 0.15) is 29.8 Å². The molecule has 0 aromatic carbocycles. The zero-order chi connectivity index (χ0) is 21.1. The number of pyridine rings is 1. The Labute approximate surface area is 161 Å². The number of nitrogens with zero attached hydrogens (tertiary/aromatic N) is 3. The third-order valence-corrected chi connectivity index (χ3v) is 5.11. The van der Waals surface area contributed by atoms with E-state index in [1.54, 1.807) is 0 Å². The molecule has 1 saturated heterocycles. The molecule has 2 fully saturated rings. The third kappa shape index (κ3) is 3.36. The number of carbonyl (C=O) groups excluding carboxylic acids is 3. The number of hydrogen-bond donors (Lipinski definition) is 3. The first-order valence-corrected chi connectivity index (χ1v) is 9.55. The van der Waals surface area contributed by atoms with Crippen molar-refractivity contribution >= 4 is 28.2 Å². The highest BCUT2D eigenvalue weighted by molar-refractivity contribution is 7.80. The number of alkyl halides is 2. The van der Waals surface area contributed by atoms with Crippen LogP contribution in [-0.4, -0.2) is 58.2 Å². The van der Waals surface area contributed by atoms with Gasteiger partial charge < -0.3 is 4.90 Å². The van der Waals surface area contributed by atoms with Crippen molar-refractivity contribution in [1.29, 1.82) is 0 Å². The van der Waals surface area contributed by atoms with Crippen molar-refractivity contribution in [2.75, 3.05) is 6.54 Å². The molecule has 0 radical (unpaired) electrons. The molecule has 12 nitrogen and oxygen atoms in total. The Hall–Kier alpha value is -2.91. The number of hydrogen-bond acceptors (Lipinski definition) is 7. The van der Waals surface area contributed by atoms with Gasteiger partial charge in [-0.2, -0.15) is 13.5 Å². The van der Waals surface area contributed by atoms with Crippen LogP contribution in [0, 0.1) is 5.92 Å². The van der Waals surface area contributed by atoms with E-state index in [-0.39, 0.29) is 17.8 Å².